The third-order valence-electron chi connectivity index (χ3n) is 10.6. The maximum Gasteiger partial charge on any atom is 0.235 e. The first-order chi connectivity index (χ1) is 23.6. The van der Waals surface area contributed by atoms with E-state index in [1.807, 2.05) is 48.5 Å². The lowest BCUT2D eigenvalue weighted by Crippen LogP contribution is -2.85. The van der Waals surface area contributed by atoms with Crippen molar-refractivity contribution < 1.29 is 29.1 Å². The van der Waals surface area contributed by atoms with Gasteiger partial charge in [-0.2, -0.15) is 5.26 Å². The number of halogens is 1. The van der Waals surface area contributed by atoms with Crippen LogP contribution in [-0.2, 0) is 38.6 Å². The summed E-state index contributed by atoms with van der Waals surface area (Å²) in [5, 5.41) is 25.6. The molecule has 6 atom stereocenters. The molecule has 0 aromatic heterocycles. The van der Waals surface area contributed by atoms with Crippen LogP contribution in [0.4, 0.5) is 0 Å². The molecule has 3 aliphatic carbocycles. The topological polar surface area (TPSA) is 223 Å². The third kappa shape index (κ3) is 5.16. The van der Waals surface area contributed by atoms with E-state index in [0.717, 1.165) is 29.7 Å². The molecule has 13 heteroatoms. The summed E-state index contributed by atoms with van der Waals surface area (Å²) < 4.78 is 0. The quantitative estimate of drug-likeness (QED) is 0.167. The van der Waals surface area contributed by atoms with Crippen molar-refractivity contribution >= 4 is 40.6 Å². The number of rotatable bonds is 8. The summed E-state index contributed by atoms with van der Waals surface area (Å²) in [6.07, 6.45) is 0.206. The second-order valence-electron chi connectivity index (χ2n) is 13.9. The van der Waals surface area contributed by atoms with E-state index in [9.17, 15) is 34.3 Å². The zero-order valence-corrected chi connectivity index (χ0v) is 28.3. The van der Waals surface area contributed by atoms with Crippen LogP contribution < -0.4 is 22.5 Å². The van der Waals surface area contributed by atoms with Gasteiger partial charge in [0, 0.05) is 17.1 Å². The Kier molecular flexibility index (Phi) is 8.79. The summed E-state index contributed by atoms with van der Waals surface area (Å²) in [5.41, 5.74) is 16.3. The number of fused-ring (bicyclic) bond motifs is 3. The van der Waals surface area contributed by atoms with Crippen molar-refractivity contribution in [1.82, 2.24) is 10.2 Å². The molecule has 12 nitrogen and oxygen atoms in total. The van der Waals surface area contributed by atoms with Gasteiger partial charge in [-0.15, -0.1) is 0 Å². The van der Waals surface area contributed by atoms with Gasteiger partial charge in [-0.3, -0.25) is 28.9 Å². The first-order valence-electron chi connectivity index (χ1n) is 16.1. The molecule has 0 radical (unpaired) electrons. The Morgan fingerprint density at radius 1 is 1.00 bits per heavy atom. The summed E-state index contributed by atoms with van der Waals surface area (Å²) >= 11 is 5.97. The Labute approximate surface area is 293 Å². The number of likely N-dealkylation sites (N-methyl/N-ethyl adjacent to an activating group) is 1. The lowest BCUT2D eigenvalue weighted by atomic mass is 9.42. The fourth-order valence-electron chi connectivity index (χ4n) is 8.40. The number of nitrogens with one attached hydrogen (secondary N) is 1. The predicted molar refractivity (Wildman–Crippen MR) is 184 cm³/mol. The highest BCUT2D eigenvalue weighted by Gasteiger charge is 2.78. The predicted octanol–water partition coefficient (Wildman–Crippen LogP) is 1.46. The molecule has 2 saturated carbocycles. The molecule has 8 N–H and O–H groups in total. The molecule has 0 aliphatic heterocycles. The molecular formula is C37H37ClN6O6. The molecule has 0 spiro atoms. The van der Waals surface area contributed by atoms with Gasteiger partial charge in [-0.1, -0.05) is 54.1 Å². The molecule has 2 unspecified atom stereocenters. The van der Waals surface area contributed by atoms with Crippen LogP contribution in [0.25, 0.3) is 11.1 Å². The number of nitrogens with two attached hydrogens (primary N) is 3. The van der Waals surface area contributed by atoms with Crippen molar-refractivity contribution in [2.75, 3.05) is 20.6 Å². The number of ketones is 4. The molecule has 3 aromatic carbocycles. The fraction of sp³-hybridized carbons (Fsp3) is 0.351. The third-order valence-corrected chi connectivity index (χ3v) is 10.8. The van der Waals surface area contributed by atoms with Gasteiger partial charge in [0.05, 0.1) is 23.2 Å². The van der Waals surface area contributed by atoms with Gasteiger partial charge >= 0.3 is 0 Å². The summed E-state index contributed by atoms with van der Waals surface area (Å²) in [4.78, 5) is 70.1. The van der Waals surface area contributed by atoms with Crippen molar-refractivity contribution in [3.63, 3.8) is 0 Å². The van der Waals surface area contributed by atoms with Gasteiger partial charge in [0.1, 0.15) is 11.7 Å². The van der Waals surface area contributed by atoms with Gasteiger partial charge in [-0.05, 0) is 85.9 Å². The van der Waals surface area contributed by atoms with Crippen LogP contribution in [-0.4, -0.2) is 76.8 Å². The minimum Gasteiger partial charge on any atom is -0.507 e. The van der Waals surface area contributed by atoms with Crippen molar-refractivity contribution in [2.45, 2.75) is 42.9 Å². The highest BCUT2D eigenvalue weighted by molar-refractivity contribution is 6.33. The second kappa shape index (κ2) is 12.5. The summed E-state index contributed by atoms with van der Waals surface area (Å²) in [6, 6.07) is 18.6. The first kappa shape index (κ1) is 35.1. The van der Waals surface area contributed by atoms with Gasteiger partial charge < -0.3 is 27.6 Å². The van der Waals surface area contributed by atoms with Crippen molar-refractivity contribution in [3.05, 3.63) is 87.9 Å². The van der Waals surface area contributed by atoms with Gasteiger partial charge in [0.25, 0.3) is 0 Å². The maximum atomic E-state index is 14.5. The number of primary amides is 1. The molecule has 6 rings (SSSR count). The maximum absolute atomic E-state index is 14.5. The number of carbonyl (C=O) groups is 5. The van der Waals surface area contributed by atoms with E-state index in [-0.39, 0.29) is 12.0 Å². The normalized spacial score (nSPS) is 28.9. The number of carbonyl (C=O) groups excluding carboxylic acids is 5. The minimum absolute atomic E-state index is 0.148. The smallest absolute Gasteiger partial charge is 0.235 e. The second-order valence-corrected chi connectivity index (χ2v) is 14.3. The molecule has 0 saturated heterocycles. The van der Waals surface area contributed by atoms with Crippen molar-refractivity contribution in [1.29, 1.82) is 5.26 Å². The highest BCUT2D eigenvalue weighted by Crippen LogP contribution is 2.57. The zero-order chi connectivity index (χ0) is 36.3. The number of aromatic hydroxyl groups is 1. The average molecular weight is 697 g/mol. The molecule has 2 fully saturated rings. The molecule has 0 bridgehead atoms. The van der Waals surface area contributed by atoms with Crippen LogP contribution in [0.1, 0.15) is 33.5 Å². The highest BCUT2D eigenvalue weighted by atomic mass is 35.5. The van der Waals surface area contributed by atoms with E-state index in [2.05, 4.69) is 5.32 Å². The number of phenols is 1. The fourth-order valence-corrected chi connectivity index (χ4v) is 8.52. The van der Waals surface area contributed by atoms with E-state index in [1.165, 1.54) is 25.1 Å². The van der Waals surface area contributed by atoms with E-state index < -0.39 is 75.6 Å². The van der Waals surface area contributed by atoms with Crippen LogP contribution >= 0.6 is 11.6 Å². The van der Waals surface area contributed by atoms with Crippen molar-refractivity contribution in [2.24, 2.45) is 34.5 Å². The molecule has 0 heterocycles. The van der Waals surface area contributed by atoms with Crippen LogP contribution in [0.5, 0.6) is 5.75 Å². The number of Topliss-reactive ketones (excluding diaryl/α,β-unsaturated/α-hetero) is 4. The summed E-state index contributed by atoms with van der Waals surface area (Å²) in [5.74, 6) is -10.0. The monoisotopic (exact) mass is 696 g/mol. The molecule has 50 heavy (non-hydrogen) atoms. The lowest BCUT2D eigenvalue weighted by Gasteiger charge is -2.60. The van der Waals surface area contributed by atoms with Gasteiger partial charge in [-0.25, -0.2) is 0 Å². The number of nitrogens with zero attached hydrogens (tertiary/aromatic N) is 2. The molecular weight excluding hydrogens is 660 g/mol. The Morgan fingerprint density at radius 2 is 1.64 bits per heavy atom. The van der Waals surface area contributed by atoms with Crippen LogP contribution in [0, 0.1) is 28.6 Å². The Bertz CT molecular complexity index is 1990. The van der Waals surface area contributed by atoms with Gasteiger partial charge in [0.2, 0.25) is 5.91 Å². The average Bonchev–Trinajstić information content (AvgIpc) is 3.03. The SMILES string of the molecule is CN(C)[C@@H]1C(=O)C(C(N)=O)C(=O)[C@@]2(C#N)C(=O)C3C(=O)c4c(O)ccc(-c5ccc(CNCCc6ccc(Cl)cc6)cc5)c4C[C@@]3(N)C[C@@]12N. The lowest BCUT2D eigenvalue weighted by molar-refractivity contribution is -0.166. The number of nitriles is 1. The number of amides is 1. The van der Waals surface area contributed by atoms with E-state index in [4.69, 9.17) is 28.8 Å². The van der Waals surface area contributed by atoms with E-state index in [0.29, 0.717) is 22.7 Å². The van der Waals surface area contributed by atoms with Crippen LogP contribution in [0.2, 0.25) is 5.02 Å². The molecule has 3 aliphatic rings. The van der Waals surface area contributed by atoms with Crippen molar-refractivity contribution in [3.8, 4) is 22.9 Å². The number of hydrogen-bond donors (Lipinski definition) is 5. The Hall–Kier alpha value is -4.77. The zero-order valence-electron chi connectivity index (χ0n) is 27.5. The molecule has 1 amide bonds. The van der Waals surface area contributed by atoms with Crippen LogP contribution in [0.15, 0.2) is 60.7 Å². The molecule has 3 aromatic rings. The summed E-state index contributed by atoms with van der Waals surface area (Å²) in [7, 11) is 2.92. The Morgan fingerprint density at radius 3 is 2.24 bits per heavy atom. The van der Waals surface area contributed by atoms with E-state index in [1.54, 1.807) is 12.1 Å². The first-order valence-corrected chi connectivity index (χ1v) is 16.5. The standard InChI is InChI=1S/C37H37ClN6O6/c1-44(2)31-30(47)27(34(40)50)32(48)36(18-39)33(49)28-29(46)26-24(15-35(28,41)17-37(31,36)42)23(11-12-25(26)45)21-7-3-20(4-8-21)16-43-14-13-19-5-9-22(38)10-6-19/h3-12,27-28,31,43,45H,13-17,41-42H2,1-2H3,(H2,40,50)/t27?,28?,31-,35-,36+,37-/m1/s1. The Balaban J connectivity index is 1.35. The number of hydrogen-bond acceptors (Lipinski definition) is 11. The minimum atomic E-state index is -2.79. The van der Waals surface area contributed by atoms with E-state index >= 15 is 0 Å². The summed E-state index contributed by atoms with van der Waals surface area (Å²) in [6.45, 7) is 1.36. The number of benzene rings is 3. The molecule has 258 valence electrons. The van der Waals surface area contributed by atoms with Crippen LogP contribution in [0.3, 0.4) is 0 Å². The van der Waals surface area contributed by atoms with Gasteiger partial charge in [0.15, 0.2) is 34.5 Å². The largest absolute Gasteiger partial charge is 0.507 e. The number of phenolic OH excluding ortho intramolecular Hbond substituents is 1.